The zero-order valence-electron chi connectivity index (χ0n) is 17.6. The molecule has 3 rings (SSSR count). The van der Waals surface area contributed by atoms with Crippen molar-refractivity contribution in [1.82, 2.24) is 0 Å². The van der Waals surface area contributed by atoms with E-state index < -0.39 is 15.7 Å². The molecule has 3 aromatic carbocycles. The molecule has 0 aliphatic carbocycles. The van der Waals surface area contributed by atoms with Crippen molar-refractivity contribution in [2.24, 2.45) is 5.73 Å². The Morgan fingerprint density at radius 2 is 1.61 bits per heavy atom. The zero-order chi connectivity index (χ0) is 22.4. The van der Waals surface area contributed by atoms with Gasteiger partial charge in [0.15, 0.2) is 9.84 Å². The Hall–Kier alpha value is -2.90. The summed E-state index contributed by atoms with van der Waals surface area (Å²) in [5.74, 6) is -0.169. The molecule has 5 nitrogen and oxygen atoms in total. The number of hydrogen-bond donors (Lipinski definition) is 1. The molecule has 2 N–H and O–H groups in total. The topological polar surface area (TPSA) is 78.6 Å². The number of rotatable bonds is 9. The third-order valence-electron chi connectivity index (χ3n) is 5.00. The molecule has 0 unspecified atom stereocenters. The van der Waals surface area contributed by atoms with E-state index >= 15 is 0 Å². The fraction of sp³-hybridized carbons (Fsp3) is 0.250. The number of sulfone groups is 1. The number of hydrogen-bond acceptors (Lipinski definition) is 5. The second kappa shape index (κ2) is 9.94. The first kappa shape index (κ1) is 22.8. The molecule has 0 aromatic heterocycles. The van der Waals surface area contributed by atoms with Gasteiger partial charge in [-0.3, -0.25) is 0 Å². The maximum absolute atomic E-state index is 14.6. The molecule has 0 bridgehead atoms. The molecule has 0 fully saturated rings. The van der Waals surface area contributed by atoms with E-state index in [4.69, 9.17) is 15.2 Å². The molecular weight excluding hydrogens is 417 g/mol. The van der Waals surface area contributed by atoms with E-state index in [1.165, 1.54) is 38.5 Å². The minimum Gasteiger partial charge on any atom is -0.496 e. The first-order valence-corrected chi connectivity index (χ1v) is 11.6. The Labute approximate surface area is 182 Å². The molecule has 0 aliphatic rings. The fourth-order valence-electron chi connectivity index (χ4n) is 3.51. The predicted octanol–water partition coefficient (Wildman–Crippen LogP) is 4.38. The Bertz CT molecular complexity index is 1160. The van der Waals surface area contributed by atoms with Gasteiger partial charge in [-0.15, -0.1) is 0 Å². The highest BCUT2D eigenvalue weighted by molar-refractivity contribution is 7.90. The Balaban J connectivity index is 2.03. The van der Waals surface area contributed by atoms with Gasteiger partial charge in [-0.05, 0) is 60.3 Å². The van der Waals surface area contributed by atoms with Gasteiger partial charge in [0.25, 0.3) is 0 Å². The molecule has 0 aliphatic heterocycles. The van der Waals surface area contributed by atoms with Gasteiger partial charge in [-0.1, -0.05) is 36.4 Å². The van der Waals surface area contributed by atoms with E-state index in [-0.39, 0.29) is 22.0 Å². The van der Waals surface area contributed by atoms with Crippen LogP contribution in [0.25, 0.3) is 11.1 Å². The van der Waals surface area contributed by atoms with Crippen molar-refractivity contribution in [2.45, 2.75) is 23.5 Å². The third-order valence-corrected chi connectivity index (χ3v) is 6.70. The fourth-order valence-corrected chi connectivity index (χ4v) is 5.05. The predicted molar refractivity (Wildman–Crippen MR) is 120 cm³/mol. The zero-order valence-corrected chi connectivity index (χ0v) is 18.4. The van der Waals surface area contributed by atoms with Crippen LogP contribution in [0.2, 0.25) is 0 Å². The van der Waals surface area contributed by atoms with Gasteiger partial charge >= 0.3 is 0 Å². The van der Waals surface area contributed by atoms with E-state index in [2.05, 4.69) is 0 Å². The van der Waals surface area contributed by atoms with Gasteiger partial charge in [0, 0.05) is 0 Å². The average Bonchev–Trinajstić information content (AvgIpc) is 2.77. The molecule has 0 saturated heterocycles. The van der Waals surface area contributed by atoms with Gasteiger partial charge in [-0.2, -0.15) is 0 Å². The lowest BCUT2D eigenvalue weighted by molar-refractivity contribution is 0.402. The van der Waals surface area contributed by atoms with Crippen molar-refractivity contribution in [3.63, 3.8) is 0 Å². The second-order valence-corrected chi connectivity index (χ2v) is 9.11. The van der Waals surface area contributed by atoms with Crippen molar-refractivity contribution in [2.75, 3.05) is 20.8 Å². The summed E-state index contributed by atoms with van der Waals surface area (Å²) in [6.45, 7) is 0.575. The number of halogens is 1. The number of benzene rings is 3. The summed E-state index contributed by atoms with van der Waals surface area (Å²) in [6, 6.07) is 16.5. The maximum Gasteiger partial charge on any atom is 0.186 e. The molecule has 31 heavy (non-hydrogen) atoms. The molecule has 0 spiro atoms. The van der Waals surface area contributed by atoms with Crippen LogP contribution in [0.3, 0.4) is 0 Å². The Morgan fingerprint density at radius 1 is 0.903 bits per heavy atom. The Kier molecular flexibility index (Phi) is 7.30. The summed E-state index contributed by atoms with van der Waals surface area (Å²) < 4.78 is 51.7. The highest BCUT2D eigenvalue weighted by atomic mass is 32.2. The van der Waals surface area contributed by atoms with Gasteiger partial charge < -0.3 is 15.2 Å². The van der Waals surface area contributed by atoms with Gasteiger partial charge in [0.1, 0.15) is 22.2 Å². The molecule has 3 aromatic rings. The number of aryl methyl sites for hydroxylation is 1. The van der Waals surface area contributed by atoms with E-state index in [0.717, 1.165) is 18.4 Å². The molecular formula is C24H26FNO4S. The highest BCUT2D eigenvalue weighted by Gasteiger charge is 2.23. The largest absolute Gasteiger partial charge is 0.496 e. The monoisotopic (exact) mass is 443 g/mol. The lowest BCUT2D eigenvalue weighted by Crippen LogP contribution is -2.08. The first-order valence-electron chi connectivity index (χ1n) is 9.91. The van der Waals surface area contributed by atoms with Crippen molar-refractivity contribution in [3.8, 4) is 22.6 Å². The molecule has 0 amide bonds. The molecule has 0 radical (unpaired) electrons. The van der Waals surface area contributed by atoms with Crippen LogP contribution in [-0.2, 0) is 22.0 Å². The highest BCUT2D eigenvalue weighted by Crippen LogP contribution is 2.37. The standard InChI is InChI=1S/C24H26FNO4S/c1-29-21-12-11-19(24-20(25)9-4-10-22(24)30-2)15-23(21)31(27,28)16-18-7-3-6-17(14-18)8-5-13-26/h3-4,6-7,9-12,14-15H,5,8,13,16,26H2,1-2H3. The molecule has 164 valence electrons. The van der Waals surface area contributed by atoms with Crippen molar-refractivity contribution in [1.29, 1.82) is 0 Å². The number of nitrogens with two attached hydrogens (primary N) is 1. The summed E-state index contributed by atoms with van der Waals surface area (Å²) in [6.07, 6.45) is 1.62. The smallest absolute Gasteiger partial charge is 0.186 e. The molecule has 7 heteroatoms. The van der Waals surface area contributed by atoms with E-state index in [1.54, 1.807) is 18.2 Å². The average molecular weight is 444 g/mol. The Morgan fingerprint density at radius 3 is 2.32 bits per heavy atom. The molecule has 0 heterocycles. The summed E-state index contributed by atoms with van der Waals surface area (Å²) in [5.41, 5.74) is 7.88. The number of methoxy groups -OCH3 is 2. The normalized spacial score (nSPS) is 11.4. The lowest BCUT2D eigenvalue weighted by Gasteiger charge is -2.14. The third kappa shape index (κ3) is 5.24. The van der Waals surface area contributed by atoms with E-state index in [9.17, 15) is 12.8 Å². The summed E-state index contributed by atoms with van der Waals surface area (Å²) >= 11 is 0. The lowest BCUT2D eigenvalue weighted by atomic mass is 10.0. The summed E-state index contributed by atoms with van der Waals surface area (Å²) in [5, 5.41) is 0. The minimum absolute atomic E-state index is 0.00478. The number of ether oxygens (including phenoxy) is 2. The van der Waals surface area contributed by atoms with Crippen LogP contribution in [-0.4, -0.2) is 29.2 Å². The van der Waals surface area contributed by atoms with Crippen LogP contribution in [0, 0.1) is 5.82 Å². The van der Waals surface area contributed by atoms with Crippen LogP contribution >= 0.6 is 0 Å². The van der Waals surface area contributed by atoms with Gasteiger partial charge in [0.2, 0.25) is 0 Å². The first-order chi connectivity index (χ1) is 14.9. The van der Waals surface area contributed by atoms with Crippen molar-refractivity contribution < 1.29 is 22.3 Å². The summed E-state index contributed by atoms with van der Waals surface area (Å²) in [7, 11) is -0.920. The van der Waals surface area contributed by atoms with Crippen LogP contribution in [0.1, 0.15) is 17.5 Å². The van der Waals surface area contributed by atoms with Crippen LogP contribution in [0.5, 0.6) is 11.5 Å². The van der Waals surface area contributed by atoms with Gasteiger partial charge in [-0.25, -0.2) is 12.8 Å². The van der Waals surface area contributed by atoms with Crippen molar-refractivity contribution in [3.05, 3.63) is 77.6 Å². The second-order valence-electron chi connectivity index (χ2n) is 7.15. The SMILES string of the molecule is COc1ccc(-c2c(F)cccc2OC)cc1S(=O)(=O)Cc1cccc(CCCN)c1. The molecule has 0 saturated carbocycles. The van der Waals surface area contributed by atoms with E-state index in [1.807, 2.05) is 18.2 Å². The van der Waals surface area contributed by atoms with Crippen molar-refractivity contribution >= 4 is 9.84 Å². The maximum atomic E-state index is 14.6. The van der Waals surface area contributed by atoms with E-state index in [0.29, 0.717) is 23.4 Å². The van der Waals surface area contributed by atoms with Gasteiger partial charge in [0.05, 0.1) is 25.5 Å². The van der Waals surface area contributed by atoms with Crippen LogP contribution < -0.4 is 15.2 Å². The molecule has 0 atom stereocenters. The summed E-state index contributed by atoms with van der Waals surface area (Å²) in [4.78, 5) is 0.00478. The quantitative estimate of drug-likeness (QED) is 0.531. The minimum atomic E-state index is -3.77. The van der Waals surface area contributed by atoms with Crippen LogP contribution in [0.15, 0.2) is 65.6 Å². The van der Waals surface area contributed by atoms with Crippen LogP contribution in [0.4, 0.5) is 4.39 Å².